The van der Waals surface area contributed by atoms with Gasteiger partial charge in [-0.3, -0.25) is 4.79 Å². The lowest BCUT2D eigenvalue weighted by Gasteiger charge is -2.24. The average molecular weight is 505 g/mol. The van der Waals surface area contributed by atoms with Gasteiger partial charge in [0.15, 0.2) is 11.5 Å². The van der Waals surface area contributed by atoms with Gasteiger partial charge < -0.3 is 14.5 Å². The van der Waals surface area contributed by atoms with Gasteiger partial charge in [-0.05, 0) is 56.7 Å². The predicted octanol–water partition coefficient (Wildman–Crippen LogP) is 4.58. The van der Waals surface area contributed by atoms with Crippen LogP contribution in [0.25, 0.3) is 16.7 Å². The molecule has 2 aromatic carbocycles. The number of benzene rings is 2. The summed E-state index contributed by atoms with van der Waals surface area (Å²) in [5.74, 6) is 1.46. The normalized spacial score (nSPS) is 14.3. The van der Waals surface area contributed by atoms with Gasteiger partial charge in [-0.1, -0.05) is 29.3 Å². The van der Waals surface area contributed by atoms with Crippen molar-refractivity contribution in [2.45, 2.75) is 26.9 Å². The van der Waals surface area contributed by atoms with Crippen molar-refractivity contribution in [1.82, 2.24) is 24.6 Å². The molecule has 1 fully saturated rings. The second-order valence-electron chi connectivity index (χ2n) is 9.07. The number of aryl methyl sites for hydroxylation is 2. The molecule has 9 heteroatoms. The summed E-state index contributed by atoms with van der Waals surface area (Å²) in [5.41, 5.74) is 4.40. The summed E-state index contributed by atoms with van der Waals surface area (Å²) in [7, 11) is 1.64. The van der Waals surface area contributed by atoms with Crippen molar-refractivity contribution >= 4 is 34.4 Å². The summed E-state index contributed by atoms with van der Waals surface area (Å²) in [4.78, 5) is 27.0. The number of anilines is 1. The first-order chi connectivity index (χ1) is 17.4. The Morgan fingerprint density at radius 2 is 1.72 bits per heavy atom. The molecular weight excluding hydrogens is 476 g/mol. The topological polar surface area (TPSA) is 76.4 Å². The van der Waals surface area contributed by atoms with Crippen LogP contribution in [-0.4, -0.2) is 63.8 Å². The molecule has 1 aliphatic rings. The van der Waals surface area contributed by atoms with E-state index in [0.29, 0.717) is 42.7 Å². The predicted molar refractivity (Wildman–Crippen MR) is 141 cm³/mol. The van der Waals surface area contributed by atoms with Gasteiger partial charge in [-0.25, -0.2) is 14.6 Å². The molecule has 0 aliphatic carbocycles. The Bertz CT molecular complexity index is 1380. The molecule has 3 heterocycles. The molecular formula is C27H29ClN6O2. The summed E-state index contributed by atoms with van der Waals surface area (Å²) in [5, 5.41) is 6.38. The zero-order valence-electron chi connectivity index (χ0n) is 20.7. The smallest absolute Gasteiger partial charge is 0.253 e. The molecule has 1 aliphatic heterocycles. The molecule has 1 amide bonds. The highest BCUT2D eigenvalue weighted by molar-refractivity contribution is 6.30. The maximum Gasteiger partial charge on any atom is 0.253 e. The van der Waals surface area contributed by atoms with Gasteiger partial charge in [-0.15, -0.1) is 0 Å². The Morgan fingerprint density at radius 1 is 0.972 bits per heavy atom. The Labute approximate surface area is 215 Å². The first kappa shape index (κ1) is 24.2. The standard InChI is InChI=1S/C27H29ClN6O2/c1-18-5-11-22(12-6-18)34-26-24(19(2)31-34)25(29-23(30-26)17-36-3)32-13-4-14-33(16-15-32)27(35)20-7-9-21(28)10-8-20/h5-12H,4,13-17H2,1-3H3. The van der Waals surface area contributed by atoms with E-state index in [0.717, 1.165) is 41.2 Å². The van der Waals surface area contributed by atoms with Crippen molar-refractivity contribution in [2.24, 2.45) is 0 Å². The van der Waals surface area contributed by atoms with E-state index in [-0.39, 0.29) is 5.91 Å². The number of methoxy groups -OCH3 is 1. The van der Waals surface area contributed by atoms with Gasteiger partial charge in [0.25, 0.3) is 5.91 Å². The first-order valence-corrected chi connectivity index (χ1v) is 12.4. The second kappa shape index (κ2) is 10.2. The molecule has 0 spiro atoms. The van der Waals surface area contributed by atoms with E-state index < -0.39 is 0 Å². The number of aromatic nitrogens is 4. The molecule has 8 nitrogen and oxygen atoms in total. The minimum absolute atomic E-state index is 0.0183. The quantitative estimate of drug-likeness (QED) is 0.396. The molecule has 4 aromatic rings. The van der Waals surface area contributed by atoms with Crippen LogP contribution in [0.5, 0.6) is 0 Å². The Morgan fingerprint density at radius 3 is 2.44 bits per heavy atom. The van der Waals surface area contributed by atoms with Crippen LogP contribution in [-0.2, 0) is 11.3 Å². The lowest BCUT2D eigenvalue weighted by molar-refractivity contribution is 0.0767. The highest BCUT2D eigenvalue weighted by Crippen LogP contribution is 2.30. The highest BCUT2D eigenvalue weighted by Gasteiger charge is 2.25. The zero-order valence-corrected chi connectivity index (χ0v) is 21.5. The molecule has 0 atom stereocenters. The van der Waals surface area contributed by atoms with Crippen LogP contribution in [0.4, 0.5) is 5.82 Å². The summed E-state index contributed by atoms with van der Waals surface area (Å²) in [6, 6.07) is 15.3. The Kier molecular flexibility index (Phi) is 6.89. The number of fused-ring (bicyclic) bond motifs is 1. The van der Waals surface area contributed by atoms with E-state index in [2.05, 4.69) is 24.0 Å². The molecule has 36 heavy (non-hydrogen) atoms. The van der Waals surface area contributed by atoms with E-state index in [1.165, 1.54) is 5.56 Å². The lowest BCUT2D eigenvalue weighted by atomic mass is 10.2. The van der Waals surface area contributed by atoms with Crippen molar-refractivity contribution < 1.29 is 9.53 Å². The van der Waals surface area contributed by atoms with Crippen LogP contribution in [0.3, 0.4) is 0 Å². The number of hydrogen-bond acceptors (Lipinski definition) is 6. The largest absolute Gasteiger partial charge is 0.377 e. The van der Waals surface area contributed by atoms with Gasteiger partial charge in [0.05, 0.1) is 16.8 Å². The van der Waals surface area contributed by atoms with E-state index in [1.807, 2.05) is 28.6 Å². The molecule has 0 N–H and O–H groups in total. The summed E-state index contributed by atoms with van der Waals surface area (Å²) >= 11 is 6.00. The minimum atomic E-state index is 0.0183. The van der Waals surface area contributed by atoms with E-state index in [1.54, 1.807) is 31.4 Å². The second-order valence-corrected chi connectivity index (χ2v) is 9.50. The van der Waals surface area contributed by atoms with Crippen LogP contribution in [0.15, 0.2) is 48.5 Å². The number of rotatable bonds is 5. The maximum absolute atomic E-state index is 13.1. The Balaban J connectivity index is 1.49. The molecule has 2 aromatic heterocycles. The third kappa shape index (κ3) is 4.79. The minimum Gasteiger partial charge on any atom is -0.377 e. The zero-order chi connectivity index (χ0) is 25.2. The average Bonchev–Trinajstić information content (AvgIpc) is 3.04. The molecule has 0 radical (unpaired) electrons. The monoisotopic (exact) mass is 504 g/mol. The van der Waals surface area contributed by atoms with Crippen molar-refractivity contribution in [3.8, 4) is 5.69 Å². The molecule has 5 rings (SSSR count). The van der Waals surface area contributed by atoms with Crippen molar-refractivity contribution in [1.29, 1.82) is 0 Å². The number of ether oxygens (including phenoxy) is 1. The summed E-state index contributed by atoms with van der Waals surface area (Å²) < 4.78 is 7.26. The molecule has 0 bridgehead atoms. The SMILES string of the molecule is COCc1nc(N2CCCN(C(=O)c3ccc(Cl)cc3)CC2)c2c(C)nn(-c3ccc(C)cc3)c2n1. The lowest BCUT2D eigenvalue weighted by Crippen LogP contribution is -2.35. The van der Waals surface area contributed by atoms with E-state index in [9.17, 15) is 4.79 Å². The highest BCUT2D eigenvalue weighted by atomic mass is 35.5. The van der Waals surface area contributed by atoms with Crippen LogP contribution in [0, 0.1) is 13.8 Å². The molecule has 186 valence electrons. The van der Waals surface area contributed by atoms with E-state index >= 15 is 0 Å². The number of halogens is 1. The molecule has 0 saturated carbocycles. The van der Waals surface area contributed by atoms with Crippen LogP contribution < -0.4 is 4.90 Å². The number of carbonyl (C=O) groups is 1. The van der Waals surface area contributed by atoms with Gasteiger partial charge >= 0.3 is 0 Å². The number of amides is 1. The van der Waals surface area contributed by atoms with Crippen LogP contribution >= 0.6 is 11.6 Å². The fraction of sp³-hybridized carbons (Fsp3) is 0.333. The van der Waals surface area contributed by atoms with E-state index in [4.69, 9.17) is 31.4 Å². The Hall–Kier alpha value is -3.49. The third-order valence-electron chi connectivity index (χ3n) is 6.46. The number of nitrogens with zero attached hydrogens (tertiary/aromatic N) is 6. The fourth-order valence-electron chi connectivity index (χ4n) is 4.60. The van der Waals surface area contributed by atoms with Gasteiger partial charge in [0, 0.05) is 43.9 Å². The first-order valence-electron chi connectivity index (χ1n) is 12.1. The number of carbonyl (C=O) groups excluding carboxylic acids is 1. The summed E-state index contributed by atoms with van der Waals surface area (Å²) in [6.07, 6.45) is 0.829. The van der Waals surface area contributed by atoms with Crippen LogP contribution in [0.1, 0.15) is 33.9 Å². The summed E-state index contributed by atoms with van der Waals surface area (Å²) in [6.45, 7) is 7.06. The third-order valence-corrected chi connectivity index (χ3v) is 6.71. The fourth-order valence-corrected chi connectivity index (χ4v) is 4.73. The van der Waals surface area contributed by atoms with Gasteiger partial charge in [0.2, 0.25) is 0 Å². The number of hydrogen-bond donors (Lipinski definition) is 0. The van der Waals surface area contributed by atoms with Crippen molar-refractivity contribution in [3.63, 3.8) is 0 Å². The van der Waals surface area contributed by atoms with Gasteiger partial charge in [-0.2, -0.15) is 5.10 Å². The molecule has 0 unspecified atom stereocenters. The van der Waals surface area contributed by atoms with Crippen molar-refractivity contribution in [2.75, 3.05) is 38.2 Å². The van der Waals surface area contributed by atoms with Crippen molar-refractivity contribution in [3.05, 3.63) is 76.2 Å². The van der Waals surface area contributed by atoms with Gasteiger partial charge in [0.1, 0.15) is 12.4 Å². The van der Waals surface area contributed by atoms with Crippen LogP contribution in [0.2, 0.25) is 5.02 Å². The molecule has 1 saturated heterocycles. The maximum atomic E-state index is 13.1.